The number of aliphatic hydroxyl groups is 1. The number of nitrogen functional groups attached to an aromatic ring is 1. The van der Waals surface area contributed by atoms with Gasteiger partial charge in [0.2, 0.25) is 0 Å². The molecular formula is C24H26FN5O2. The number of halogens is 1. The van der Waals surface area contributed by atoms with Gasteiger partial charge in [-0.05, 0) is 61.6 Å². The molecule has 1 fully saturated rings. The first-order chi connectivity index (χ1) is 15.5. The second-order valence-electron chi connectivity index (χ2n) is 8.59. The molecule has 2 heterocycles. The van der Waals surface area contributed by atoms with Crippen LogP contribution in [0.15, 0.2) is 48.8 Å². The maximum Gasteiger partial charge on any atom is 0.164 e. The Hall–Kier alpha value is -3.26. The SMILES string of the molecule is CC1C=C(c2nn(C3CCC(O)CC3)c3ncnc(N)c23)C=CC1Oc1ccc(F)cc1. The van der Waals surface area contributed by atoms with Gasteiger partial charge >= 0.3 is 0 Å². The molecule has 0 radical (unpaired) electrons. The van der Waals surface area contributed by atoms with Crippen LogP contribution in [0.5, 0.6) is 5.75 Å². The molecule has 166 valence electrons. The average molecular weight is 436 g/mol. The first-order valence-corrected chi connectivity index (χ1v) is 11.0. The van der Waals surface area contributed by atoms with Gasteiger partial charge in [0, 0.05) is 5.92 Å². The van der Waals surface area contributed by atoms with Crippen molar-refractivity contribution in [1.82, 2.24) is 19.7 Å². The Labute approximate surface area is 185 Å². The number of benzene rings is 1. The second-order valence-corrected chi connectivity index (χ2v) is 8.59. The predicted octanol–water partition coefficient (Wildman–Crippen LogP) is 4.06. The minimum Gasteiger partial charge on any atom is -0.486 e. The zero-order chi connectivity index (χ0) is 22.2. The number of ether oxygens (including phenoxy) is 1. The third-order valence-corrected chi connectivity index (χ3v) is 6.32. The van der Waals surface area contributed by atoms with Gasteiger partial charge in [-0.2, -0.15) is 5.10 Å². The number of nitrogens with two attached hydrogens (primary N) is 1. The van der Waals surface area contributed by atoms with E-state index in [-0.39, 0.29) is 30.0 Å². The molecule has 2 aliphatic carbocycles. The molecule has 3 N–H and O–H groups in total. The van der Waals surface area contributed by atoms with Crippen molar-refractivity contribution >= 4 is 22.4 Å². The van der Waals surface area contributed by atoms with Crippen LogP contribution in [0.4, 0.5) is 10.2 Å². The monoisotopic (exact) mass is 435 g/mol. The van der Waals surface area contributed by atoms with Crippen molar-refractivity contribution in [1.29, 1.82) is 0 Å². The number of rotatable bonds is 4. The summed E-state index contributed by atoms with van der Waals surface area (Å²) in [5.74, 6) is 0.799. The van der Waals surface area contributed by atoms with Gasteiger partial charge in [0.25, 0.3) is 0 Å². The lowest BCUT2D eigenvalue weighted by Crippen LogP contribution is -2.24. The number of anilines is 1. The molecule has 2 aliphatic rings. The van der Waals surface area contributed by atoms with E-state index in [1.807, 2.05) is 16.8 Å². The summed E-state index contributed by atoms with van der Waals surface area (Å²) in [6.07, 6.45) is 10.3. The standard InChI is InChI=1S/C24H26FN5O2/c1-14-12-15(2-11-20(14)32-19-9-3-16(25)4-10-19)22-21-23(26)27-13-28-24(21)30(29-22)17-5-7-18(31)8-6-17/h2-4,9-14,17-18,20,31H,5-8H2,1H3,(H2,26,27,28). The average Bonchev–Trinajstić information content (AvgIpc) is 3.18. The van der Waals surface area contributed by atoms with Crippen LogP contribution in [-0.2, 0) is 0 Å². The van der Waals surface area contributed by atoms with Crippen LogP contribution in [-0.4, -0.2) is 37.1 Å². The van der Waals surface area contributed by atoms with Crippen molar-refractivity contribution < 1.29 is 14.2 Å². The number of hydrogen-bond acceptors (Lipinski definition) is 6. The van der Waals surface area contributed by atoms with Crippen LogP contribution in [0.3, 0.4) is 0 Å². The zero-order valence-corrected chi connectivity index (χ0v) is 17.9. The van der Waals surface area contributed by atoms with Gasteiger partial charge in [0.05, 0.1) is 17.5 Å². The van der Waals surface area contributed by atoms with Crippen molar-refractivity contribution in [2.75, 3.05) is 5.73 Å². The summed E-state index contributed by atoms with van der Waals surface area (Å²) in [6.45, 7) is 2.07. The summed E-state index contributed by atoms with van der Waals surface area (Å²) >= 11 is 0. The normalized spacial score (nSPS) is 25.7. The number of nitrogens with zero attached hydrogens (tertiary/aromatic N) is 4. The Morgan fingerprint density at radius 3 is 2.59 bits per heavy atom. The Morgan fingerprint density at radius 1 is 1.12 bits per heavy atom. The van der Waals surface area contributed by atoms with E-state index in [0.29, 0.717) is 11.6 Å². The molecule has 1 saturated carbocycles. The molecule has 5 rings (SSSR count). The summed E-state index contributed by atoms with van der Waals surface area (Å²) in [6, 6.07) is 6.20. The lowest BCUT2D eigenvalue weighted by Gasteiger charge is -2.26. The highest BCUT2D eigenvalue weighted by Crippen LogP contribution is 2.36. The van der Waals surface area contributed by atoms with Crippen molar-refractivity contribution in [2.45, 2.75) is 50.9 Å². The number of allylic oxidation sites excluding steroid dienone is 2. The fourth-order valence-corrected chi connectivity index (χ4v) is 4.54. The van der Waals surface area contributed by atoms with Gasteiger partial charge in [-0.1, -0.05) is 19.1 Å². The molecule has 2 atom stereocenters. The second kappa shape index (κ2) is 8.35. The Bertz CT molecular complexity index is 1180. The molecular weight excluding hydrogens is 409 g/mol. The third kappa shape index (κ3) is 3.86. The molecule has 1 aromatic carbocycles. The Balaban J connectivity index is 1.46. The topological polar surface area (TPSA) is 99.1 Å². The van der Waals surface area contributed by atoms with E-state index in [9.17, 15) is 9.50 Å². The van der Waals surface area contributed by atoms with E-state index in [1.165, 1.54) is 18.5 Å². The number of aliphatic hydroxyl groups excluding tert-OH is 1. The number of aromatic nitrogens is 4. The van der Waals surface area contributed by atoms with Crippen molar-refractivity contribution in [2.24, 2.45) is 5.92 Å². The van der Waals surface area contributed by atoms with Gasteiger partial charge in [0.15, 0.2) is 5.65 Å². The van der Waals surface area contributed by atoms with E-state index < -0.39 is 0 Å². The van der Waals surface area contributed by atoms with E-state index in [0.717, 1.165) is 48.0 Å². The third-order valence-electron chi connectivity index (χ3n) is 6.32. The maximum atomic E-state index is 13.2. The van der Waals surface area contributed by atoms with Crippen LogP contribution in [0.2, 0.25) is 0 Å². The van der Waals surface area contributed by atoms with Gasteiger partial charge in [-0.25, -0.2) is 19.0 Å². The van der Waals surface area contributed by atoms with Gasteiger partial charge in [0.1, 0.15) is 35.5 Å². The van der Waals surface area contributed by atoms with E-state index in [2.05, 4.69) is 23.0 Å². The maximum absolute atomic E-state index is 13.2. The summed E-state index contributed by atoms with van der Waals surface area (Å²) in [5, 5.41) is 15.6. The van der Waals surface area contributed by atoms with Crippen LogP contribution < -0.4 is 10.5 Å². The van der Waals surface area contributed by atoms with E-state index in [1.54, 1.807) is 12.1 Å². The Morgan fingerprint density at radius 2 is 1.88 bits per heavy atom. The predicted molar refractivity (Wildman–Crippen MR) is 120 cm³/mol. The van der Waals surface area contributed by atoms with Gasteiger partial charge in [-0.15, -0.1) is 0 Å². The molecule has 0 saturated heterocycles. The molecule has 7 nitrogen and oxygen atoms in total. The molecule has 0 amide bonds. The zero-order valence-electron chi connectivity index (χ0n) is 17.9. The lowest BCUT2D eigenvalue weighted by molar-refractivity contribution is 0.109. The Kier molecular flexibility index (Phi) is 5.38. The summed E-state index contributed by atoms with van der Waals surface area (Å²) in [4.78, 5) is 8.69. The number of hydrogen-bond donors (Lipinski definition) is 2. The summed E-state index contributed by atoms with van der Waals surface area (Å²) in [5.41, 5.74) is 8.68. The van der Waals surface area contributed by atoms with Crippen molar-refractivity contribution in [3.05, 3.63) is 60.3 Å². The fourth-order valence-electron chi connectivity index (χ4n) is 4.54. The van der Waals surface area contributed by atoms with Crippen LogP contribution >= 0.6 is 0 Å². The van der Waals surface area contributed by atoms with Crippen LogP contribution in [0, 0.1) is 11.7 Å². The van der Waals surface area contributed by atoms with E-state index in [4.69, 9.17) is 15.6 Å². The quantitative estimate of drug-likeness (QED) is 0.641. The first kappa shape index (κ1) is 20.6. The fraction of sp³-hybridized carbons (Fsp3) is 0.375. The summed E-state index contributed by atoms with van der Waals surface area (Å²) in [7, 11) is 0. The van der Waals surface area contributed by atoms with Crippen LogP contribution in [0.25, 0.3) is 16.6 Å². The minimum absolute atomic E-state index is 0.0657. The molecule has 0 aliphatic heterocycles. The highest BCUT2D eigenvalue weighted by molar-refractivity contribution is 5.97. The molecule has 0 spiro atoms. The molecule has 0 bridgehead atoms. The van der Waals surface area contributed by atoms with Gasteiger partial charge in [-0.3, -0.25) is 0 Å². The van der Waals surface area contributed by atoms with E-state index >= 15 is 0 Å². The molecule has 2 unspecified atom stereocenters. The molecule has 3 aromatic rings. The van der Waals surface area contributed by atoms with Crippen molar-refractivity contribution in [3.63, 3.8) is 0 Å². The molecule has 2 aromatic heterocycles. The largest absolute Gasteiger partial charge is 0.486 e. The first-order valence-electron chi connectivity index (χ1n) is 11.0. The van der Waals surface area contributed by atoms with Crippen LogP contribution in [0.1, 0.15) is 44.3 Å². The highest BCUT2D eigenvalue weighted by atomic mass is 19.1. The molecule has 32 heavy (non-hydrogen) atoms. The van der Waals surface area contributed by atoms with Gasteiger partial charge < -0.3 is 15.6 Å². The van der Waals surface area contributed by atoms with Crippen molar-refractivity contribution in [3.8, 4) is 5.75 Å². The minimum atomic E-state index is -0.290. The lowest BCUT2D eigenvalue weighted by atomic mass is 9.93. The number of fused-ring (bicyclic) bond motifs is 1. The molecule has 8 heteroatoms. The smallest absolute Gasteiger partial charge is 0.164 e. The highest BCUT2D eigenvalue weighted by Gasteiger charge is 2.28. The summed E-state index contributed by atoms with van der Waals surface area (Å²) < 4.78 is 21.2.